The van der Waals surface area contributed by atoms with Crippen molar-refractivity contribution in [2.75, 3.05) is 18.5 Å². The van der Waals surface area contributed by atoms with Crippen LogP contribution in [-0.4, -0.2) is 39.8 Å². The molecule has 1 aliphatic carbocycles. The van der Waals surface area contributed by atoms with Crippen molar-refractivity contribution in [2.24, 2.45) is 9.98 Å². The molecule has 1 fully saturated rings. The summed E-state index contributed by atoms with van der Waals surface area (Å²) in [6.07, 6.45) is 6.44. The molecular formula is C28H25BrClN5O. The molecule has 36 heavy (non-hydrogen) atoms. The predicted octanol–water partition coefficient (Wildman–Crippen LogP) is 6.35. The number of nitrogens with zero attached hydrogens (tertiary/aromatic N) is 4. The van der Waals surface area contributed by atoms with Crippen molar-refractivity contribution in [2.45, 2.75) is 30.1 Å². The van der Waals surface area contributed by atoms with Crippen LogP contribution < -0.4 is 10.7 Å². The molecule has 4 aliphatic rings. The summed E-state index contributed by atoms with van der Waals surface area (Å²) in [5.74, 6) is 0. The van der Waals surface area contributed by atoms with E-state index in [1.807, 2.05) is 54.9 Å². The Bertz CT molecular complexity index is 1500. The van der Waals surface area contributed by atoms with E-state index in [1.54, 1.807) is 0 Å². The lowest BCUT2D eigenvalue weighted by Crippen LogP contribution is -2.24. The fourth-order valence-corrected chi connectivity index (χ4v) is 5.34. The third-order valence-electron chi connectivity index (χ3n) is 6.48. The van der Waals surface area contributed by atoms with Crippen molar-refractivity contribution in [3.05, 3.63) is 82.9 Å². The molecule has 0 bridgehead atoms. The number of fused-ring (bicyclic) bond motifs is 2. The largest absolute Gasteiger partial charge is 0.381 e. The van der Waals surface area contributed by atoms with Gasteiger partial charge in [0, 0.05) is 48.5 Å². The molecule has 3 aliphatic heterocycles. The number of aliphatic imine (C=N–C) groups is 1. The van der Waals surface area contributed by atoms with Crippen LogP contribution in [0.4, 0.5) is 5.69 Å². The van der Waals surface area contributed by atoms with Crippen LogP contribution >= 0.6 is 27.5 Å². The average Bonchev–Trinajstić information content (AvgIpc) is 2.89. The normalized spacial score (nSPS) is 19.1. The highest BCUT2D eigenvalue weighted by Crippen LogP contribution is 2.31. The molecule has 182 valence electrons. The van der Waals surface area contributed by atoms with Crippen LogP contribution in [0.5, 0.6) is 0 Å². The second-order valence-electron chi connectivity index (χ2n) is 9.04. The number of nitrogens with one attached hydrogen (secondary N) is 1. The van der Waals surface area contributed by atoms with Gasteiger partial charge in [-0.05, 0) is 61.4 Å². The predicted molar refractivity (Wildman–Crippen MR) is 150 cm³/mol. The van der Waals surface area contributed by atoms with E-state index < -0.39 is 0 Å². The van der Waals surface area contributed by atoms with Crippen LogP contribution in [0.15, 0.2) is 82.5 Å². The molecule has 2 aromatic rings. The van der Waals surface area contributed by atoms with Crippen LogP contribution in [0.25, 0.3) is 28.1 Å². The maximum atomic E-state index is 6.22. The SMILES string of the molecule is Clc1ccc(-n2c3cc(=NC4CCOCC4)c(NC4=CN=CC(Br)C4)cc-3nc3ccccc32)cc1. The molecule has 0 aromatic heterocycles. The molecule has 1 atom stereocenters. The van der Waals surface area contributed by atoms with Gasteiger partial charge < -0.3 is 14.6 Å². The third-order valence-corrected chi connectivity index (χ3v) is 7.30. The van der Waals surface area contributed by atoms with Crippen molar-refractivity contribution in [1.29, 1.82) is 0 Å². The number of allylic oxidation sites excluding steroid dienone is 1. The first-order valence-electron chi connectivity index (χ1n) is 12.1. The summed E-state index contributed by atoms with van der Waals surface area (Å²) < 4.78 is 7.81. The Kier molecular flexibility index (Phi) is 6.61. The van der Waals surface area contributed by atoms with E-state index in [4.69, 9.17) is 26.3 Å². The monoisotopic (exact) mass is 561 g/mol. The number of anilines is 1. The number of alkyl halides is 1. The maximum Gasteiger partial charge on any atom is 0.0900 e. The van der Waals surface area contributed by atoms with Crippen LogP contribution in [0.3, 0.4) is 0 Å². The molecule has 0 radical (unpaired) electrons. The van der Waals surface area contributed by atoms with E-state index in [0.29, 0.717) is 5.02 Å². The van der Waals surface area contributed by atoms with E-state index in [2.05, 4.69) is 49.0 Å². The van der Waals surface area contributed by atoms with Crippen molar-refractivity contribution >= 4 is 50.5 Å². The molecule has 8 heteroatoms. The van der Waals surface area contributed by atoms with Crippen molar-refractivity contribution in [3.8, 4) is 17.1 Å². The number of hydrogen-bond donors (Lipinski definition) is 1. The van der Waals surface area contributed by atoms with Gasteiger partial charge in [0.15, 0.2) is 0 Å². The van der Waals surface area contributed by atoms with Gasteiger partial charge in [0.25, 0.3) is 0 Å². The maximum absolute atomic E-state index is 6.22. The number of ether oxygens (including phenoxy) is 1. The van der Waals surface area contributed by atoms with Crippen molar-refractivity contribution < 1.29 is 4.74 Å². The first kappa shape index (κ1) is 23.4. The van der Waals surface area contributed by atoms with Crippen LogP contribution in [-0.2, 0) is 4.74 Å². The number of benzene rings is 3. The third kappa shape index (κ3) is 4.83. The van der Waals surface area contributed by atoms with Gasteiger partial charge in [-0.25, -0.2) is 4.98 Å². The van der Waals surface area contributed by atoms with Crippen LogP contribution in [0, 0.1) is 0 Å². The quantitative estimate of drug-likeness (QED) is 0.233. The summed E-state index contributed by atoms with van der Waals surface area (Å²) >= 11 is 9.87. The minimum Gasteiger partial charge on any atom is -0.381 e. The number of para-hydroxylation sites is 2. The lowest BCUT2D eigenvalue weighted by Gasteiger charge is -2.22. The molecule has 0 amide bonds. The molecule has 0 spiro atoms. The summed E-state index contributed by atoms with van der Waals surface area (Å²) in [6, 6.07) is 20.6. The fraction of sp³-hybridized carbons (Fsp3) is 0.250. The lowest BCUT2D eigenvalue weighted by atomic mass is 10.1. The fourth-order valence-electron chi connectivity index (χ4n) is 4.73. The minimum absolute atomic E-state index is 0.204. The zero-order valence-electron chi connectivity index (χ0n) is 19.6. The summed E-state index contributed by atoms with van der Waals surface area (Å²) in [5, 5.41) is 5.22. The number of hydrogen-bond acceptors (Lipinski definition) is 5. The van der Waals surface area contributed by atoms with Gasteiger partial charge in [-0.2, -0.15) is 0 Å². The Labute approximate surface area is 222 Å². The van der Waals surface area contributed by atoms with Gasteiger partial charge in [-0.3, -0.25) is 9.98 Å². The summed E-state index contributed by atoms with van der Waals surface area (Å²) in [6.45, 7) is 1.49. The first-order valence-corrected chi connectivity index (χ1v) is 13.4. The molecule has 6 rings (SSSR count). The van der Waals surface area contributed by atoms with Crippen LogP contribution in [0.2, 0.25) is 5.02 Å². The zero-order valence-corrected chi connectivity index (χ0v) is 21.9. The highest BCUT2D eigenvalue weighted by atomic mass is 79.9. The summed E-state index contributed by atoms with van der Waals surface area (Å²) in [7, 11) is 0. The second-order valence-corrected chi connectivity index (χ2v) is 10.7. The highest BCUT2D eigenvalue weighted by molar-refractivity contribution is 9.10. The number of aromatic nitrogens is 2. The minimum atomic E-state index is 0.204. The summed E-state index contributed by atoms with van der Waals surface area (Å²) in [5.41, 5.74) is 6.80. The van der Waals surface area contributed by atoms with E-state index in [9.17, 15) is 0 Å². The average molecular weight is 563 g/mol. The van der Waals surface area contributed by atoms with Gasteiger partial charge in [-0.1, -0.05) is 39.7 Å². The van der Waals surface area contributed by atoms with Crippen LogP contribution in [0.1, 0.15) is 19.3 Å². The van der Waals surface area contributed by atoms with E-state index in [1.165, 1.54) is 0 Å². The Balaban J connectivity index is 1.59. The molecule has 1 saturated heterocycles. The molecule has 2 aromatic carbocycles. The van der Waals surface area contributed by atoms with E-state index in [0.717, 1.165) is 77.3 Å². The molecule has 6 nitrogen and oxygen atoms in total. The van der Waals surface area contributed by atoms with E-state index >= 15 is 0 Å². The smallest absolute Gasteiger partial charge is 0.0900 e. The second kappa shape index (κ2) is 10.2. The van der Waals surface area contributed by atoms with Gasteiger partial charge in [0.1, 0.15) is 0 Å². The number of halogens is 2. The van der Waals surface area contributed by atoms with Gasteiger partial charge in [0.2, 0.25) is 0 Å². The summed E-state index contributed by atoms with van der Waals surface area (Å²) in [4.78, 5) is 14.8. The molecule has 0 saturated carbocycles. The molecular weight excluding hydrogens is 538 g/mol. The van der Waals surface area contributed by atoms with Crippen molar-refractivity contribution in [3.63, 3.8) is 0 Å². The highest BCUT2D eigenvalue weighted by Gasteiger charge is 2.19. The van der Waals surface area contributed by atoms with Crippen molar-refractivity contribution in [1.82, 2.24) is 9.55 Å². The topological polar surface area (TPSA) is 63.8 Å². The Morgan fingerprint density at radius 3 is 2.67 bits per heavy atom. The van der Waals surface area contributed by atoms with E-state index in [-0.39, 0.29) is 10.9 Å². The number of rotatable bonds is 4. The molecule has 1 N–H and O–H groups in total. The van der Waals surface area contributed by atoms with Gasteiger partial charge in [-0.15, -0.1) is 0 Å². The Morgan fingerprint density at radius 2 is 1.86 bits per heavy atom. The molecule has 1 unspecified atom stereocenters. The van der Waals surface area contributed by atoms with Gasteiger partial charge in [0.05, 0.1) is 44.3 Å². The standard InChI is InChI=1S/C28H25BrClN5O/c29-18-13-21(17-31-16-18)33-24-14-26-28(15-25(24)32-20-9-11-36-12-10-20)35(22-7-5-19(30)6-8-22)27-4-2-1-3-23(27)34-26/h1-8,14-18,20,33H,9-13H2. The van der Waals surface area contributed by atoms with Gasteiger partial charge >= 0.3 is 0 Å². The molecule has 3 heterocycles. The Morgan fingerprint density at radius 1 is 1.06 bits per heavy atom. The zero-order chi connectivity index (χ0) is 24.5. The first-order chi connectivity index (χ1) is 17.6. The lowest BCUT2D eigenvalue weighted by molar-refractivity contribution is 0.0864. The Hall–Kier alpha value is -3.00.